The standard InChI is InChI=1S/C22H32N2O3/c1-3-27-20-8-5-4-7-18(20)22(26)23-12-6-9-21(25)24-15(2)19-14-16-10-11-17(19)13-16/h4-5,7-8,15-17,19H,3,6,9-14H2,1-2H3,(H,23,26)(H,24,25). The van der Waals surface area contributed by atoms with Crippen LogP contribution in [0.4, 0.5) is 0 Å². The number of fused-ring (bicyclic) bond motifs is 2. The summed E-state index contributed by atoms with van der Waals surface area (Å²) in [7, 11) is 0. The molecule has 0 radical (unpaired) electrons. The first-order valence-electron chi connectivity index (χ1n) is 10.4. The molecular formula is C22H32N2O3. The first-order chi connectivity index (χ1) is 13.1. The molecule has 1 aromatic carbocycles. The van der Waals surface area contributed by atoms with Gasteiger partial charge in [0.2, 0.25) is 5.91 Å². The van der Waals surface area contributed by atoms with Crippen LogP contribution in [0, 0.1) is 17.8 Å². The van der Waals surface area contributed by atoms with Crippen LogP contribution in [0.3, 0.4) is 0 Å². The molecule has 5 nitrogen and oxygen atoms in total. The average Bonchev–Trinajstić information content (AvgIpc) is 3.29. The molecule has 2 aliphatic rings. The monoisotopic (exact) mass is 372 g/mol. The summed E-state index contributed by atoms with van der Waals surface area (Å²) in [4.78, 5) is 24.5. The molecule has 2 saturated carbocycles. The van der Waals surface area contributed by atoms with E-state index in [4.69, 9.17) is 4.74 Å². The van der Waals surface area contributed by atoms with Crippen molar-refractivity contribution >= 4 is 11.8 Å². The highest BCUT2D eigenvalue weighted by Gasteiger charge is 2.42. The van der Waals surface area contributed by atoms with E-state index in [0.717, 1.165) is 11.8 Å². The van der Waals surface area contributed by atoms with E-state index < -0.39 is 0 Å². The molecule has 2 bridgehead atoms. The first-order valence-corrected chi connectivity index (χ1v) is 10.4. The lowest BCUT2D eigenvalue weighted by atomic mass is 9.84. The minimum absolute atomic E-state index is 0.0919. The van der Waals surface area contributed by atoms with Gasteiger partial charge in [-0.2, -0.15) is 0 Å². The topological polar surface area (TPSA) is 67.4 Å². The number of carbonyl (C=O) groups excluding carboxylic acids is 2. The lowest BCUT2D eigenvalue weighted by molar-refractivity contribution is -0.122. The molecule has 5 heteroatoms. The maximum absolute atomic E-state index is 12.3. The van der Waals surface area contributed by atoms with Crippen LogP contribution in [0.15, 0.2) is 24.3 Å². The van der Waals surface area contributed by atoms with Crippen molar-refractivity contribution in [2.24, 2.45) is 17.8 Å². The molecule has 27 heavy (non-hydrogen) atoms. The predicted octanol–water partition coefficient (Wildman–Crippen LogP) is 3.54. The van der Waals surface area contributed by atoms with Gasteiger partial charge in [-0.15, -0.1) is 0 Å². The van der Waals surface area contributed by atoms with Crippen molar-refractivity contribution in [2.45, 2.75) is 58.4 Å². The Kier molecular flexibility index (Phi) is 6.75. The van der Waals surface area contributed by atoms with Crippen molar-refractivity contribution in [1.29, 1.82) is 0 Å². The van der Waals surface area contributed by atoms with E-state index in [2.05, 4.69) is 17.6 Å². The number of nitrogens with one attached hydrogen (secondary N) is 2. The van der Waals surface area contributed by atoms with E-state index in [1.165, 1.54) is 25.7 Å². The Morgan fingerprint density at radius 1 is 1.22 bits per heavy atom. The van der Waals surface area contributed by atoms with Gasteiger partial charge in [0.15, 0.2) is 0 Å². The first kappa shape index (κ1) is 19.7. The molecule has 0 heterocycles. The molecule has 148 valence electrons. The Morgan fingerprint density at radius 3 is 2.74 bits per heavy atom. The maximum Gasteiger partial charge on any atom is 0.255 e. The van der Waals surface area contributed by atoms with Crippen LogP contribution >= 0.6 is 0 Å². The SMILES string of the molecule is CCOc1ccccc1C(=O)NCCCC(=O)NC(C)C1CC2CCC1C2. The number of para-hydroxylation sites is 1. The quantitative estimate of drug-likeness (QED) is 0.652. The van der Waals surface area contributed by atoms with Crippen molar-refractivity contribution in [2.75, 3.05) is 13.2 Å². The van der Waals surface area contributed by atoms with Crippen LogP contribution in [-0.4, -0.2) is 31.0 Å². The summed E-state index contributed by atoms with van der Waals surface area (Å²) in [5, 5.41) is 6.07. The third kappa shape index (κ3) is 5.02. The lowest BCUT2D eigenvalue weighted by Gasteiger charge is -2.28. The molecule has 0 saturated heterocycles. The van der Waals surface area contributed by atoms with Gasteiger partial charge in [0.25, 0.3) is 5.91 Å². The smallest absolute Gasteiger partial charge is 0.255 e. The predicted molar refractivity (Wildman–Crippen MR) is 106 cm³/mol. The van der Waals surface area contributed by atoms with Crippen LogP contribution in [0.2, 0.25) is 0 Å². The molecular weight excluding hydrogens is 340 g/mol. The summed E-state index contributed by atoms with van der Waals surface area (Å²) in [6.45, 7) is 5.04. The fourth-order valence-corrected chi connectivity index (χ4v) is 4.82. The number of amides is 2. The van der Waals surface area contributed by atoms with Crippen LogP contribution in [0.25, 0.3) is 0 Å². The molecule has 2 fully saturated rings. The molecule has 0 aromatic heterocycles. The number of ether oxygens (including phenoxy) is 1. The van der Waals surface area contributed by atoms with Crippen molar-refractivity contribution in [1.82, 2.24) is 10.6 Å². The molecule has 3 rings (SSSR count). The van der Waals surface area contributed by atoms with Gasteiger partial charge in [-0.25, -0.2) is 0 Å². The third-order valence-electron chi connectivity index (χ3n) is 6.12. The van der Waals surface area contributed by atoms with Crippen LogP contribution in [-0.2, 0) is 4.79 Å². The van der Waals surface area contributed by atoms with Crippen molar-refractivity contribution < 1.29 is 14.3 Å². The van der Waals surface area contributed by atoms with Gasteiger partial charge in [-0.05, 0) is 69.4 Å². The van der Waals surface area contributed by atoms with E-state index in [9.17, 15) is 9.59 Å². The highest BCUT2D eigenvalue weighted by molar-refractivity contribution is 5.96. The number of carbonyl (C=O) groups is 2. The Hall–Kier alpha value is -2.04. The molecule has 4 atom stereocenters. The zero-order valence-corrected chi connectivity index (χ0v) is 16.5. The number of rotatable bonds is 9. The minimum Gasteiger partial charge on any atom is -0.493 e. The van der Waals surface area contributed by atoms with Gasteiger partial charge < -0.3 is 15.4 Å². The van der Waals surface area contributed by atoms with Gasteiger partial charge >= 0.3 is 0 Å². The minimum atomic E-state index is -0.158. The van der Waals surface area contributed by atoms with E-state index in [0.29, 0.717) is 43.2 Å². The fourth-order valence-electron chi connectivity index (χ4n) is 4.82. The van der Waals surface area contributed by atoms with Crippen molar-refractivity contribution in [3.8, 4) is 5.75 Å². The van der Waals surface area contributed by atoms with Crippen molar-refractivity contribution in [3.05, 3.63) is 29.8 Å². The van der Waals surface area contributed by atoms with Gasteiger partial charge in [0.05, 0.1) is 12.2 Å². The Labute approximate surface area is 162 Å². The lowest BCUT2D eigenvalue weighted by Crippen LogP contribution is -2.40. The largest absolute Gasteiger partial charge is 0.493 e. The van der Waals surface area contributed by atoms with E-state index in [-0.39, 0.29) is 17.9 Å². The number of hydrogen-bond donors (Lipinski definition) is 2. The molecule has 0 spiro atoms. The van der Waals surface area contributed by atoms with Crippen molar-refractivity contribution in [3.63, 3.8) is 0 Å². The highest BCUT2D eigenvalue weighted by atomic mass is 16.5. The summed E-state index contributed by atoms with van der Waals surface area (Å²) in [5.41, 5.74) is 0.536. The molecule has 0 aliphatic heterocycles. The Morgan fingerprint density at radius 2 is 2.04 bits per heavy atom. The molecule has 4 unspecified atom stereocenters. The van der Waals surface area contributed by atoms with Gasteiger partial charge in [-0.3, -0.25) is 9.59 Å². The molecule has 1 aromatic rings. The Balaban J connectivity index is 1.36. The molecule has 2 amide bonds. The summed E-state index contributed by atoms with van der Waals surface area (Å²) in [6, 6.07) is 7.48. The summed E-state index contributed by atoms with van der Waals surface area (Å²) < 4.78 is 5.49. The summed E-state index contributed by atoms with van der Waals surface area (Å²) in [6.07, 6.45) is 6.44. The van der Waals surface area contributed by atoms with E-state index >= 15 is 0 Å². The van der Waals surface area contributed by atoms with Crippen LogP contribution < -0.4 is 15.4 Å². The second-order valence-electron chi connectivity index (χ2n) is 7.98. The van der Waals surface area contributed by atoms with Crippen LogP contribution in [0.5, 0.6) is 5.75 Å². The Bertz CT molecular complexity index is 661. The zero-order chi connectivity index (χ0) is 19.2. The average molecular weight is 373 g/mol. The number of hydrogen-bond acceptors (Lipinski definition) is 3. The summed E-state index contributed by atoms with van der Waals surface area (Å²) >= 11 is 0. The fraction of sp³-hybridized carbons (Fsp3) is 0.636. The second-order valence-corrected chi connectivity index (χ2v) is 7.98. The zero-order valence-electron chi connectivity index (χ0n) is 16.5. The van der Waals surface area contributed by atoms with E-state index in [1.54, 1.807) is 12.1 Å². The second kappa shape index (κ2) is 9.25. The third-order valence-corrected chi connectivity index (χ3v) is 6.12. The van der Waals surface area contributed by atoms with Gasteiger partial charge in [0, 0.05) is 19.0 Å². The number of benzene rings is 1. The normalized spacial score (nSPS) is 24.4. The van der Waals surface area contributed by atoms with Gasteiger partial charge in [0.1, 0.15) is 5.75 Å². The van der Waals surface area contributed by atoms with Gasteiger partial charge in [-0.1, -0.05) is 18.6 Å². The highest BCUT2D eigenvalue weighted by Crippen LogP contribution is 2.49. The maximum atomic E-state index is 12.3. The summed E-state index contributed by atoms with van der Waals surface area (Å²) in [5.74, 6) is 2.89. The molecule has 2 aliphatic carbocycles. The van der Waals surface area contributed by atoms with Crippen LogP contribution in [0.1, 0.15) is 62.7 Å². The van der Waals surface area contributed by atoms with E-state index in [1.807, 2.05) is 19.1 Å². The molecule has 2 N–H and O–H groups in total.